The number of hydrogen-bond acceptors (Lipinski definition) is 7. The van der Waals surface area contributed by atoms with Crippen molar-refractivity contribution in [2.45, 2.75) is 46.4 Å². The zero-order valence-corrected chi connectivity index (χ0v) is 18.1. The van der Waals surface area contributed by atoms with Gasteiger partial charge >= 0.3 is 0 Å². The lowest BCUT2D eigenvalue weighted by molar-refractivity contribution is -0.263. The van der Waals surface area contributed by atoms with Gasteiger partial charge in [0.2, 0.25) is 0 Å². The van der Waals surface area contributed by atoms with E-state index in [1.54, 1.807) is 0 Å². The minimum Gasteiger partial charge on any atom is -0.374 e. The molecule has 0 aromatic heterocycles. The Morgan fingerprint density at radius 1 is 1.08 bits per heavy atom. The summed E-state index contributed by atoms with van der Waals surface area (Å²) in [5.41, 5.74) is 1.18. The second-order valence-electron chi connectivity index (χ2n) is 7.05. The monoisotopic (exact) mass is 430 g/mol. The first-order valence-electron chi connectivity index (χ1n) is 9.18. The molecule has 1 aromatic carbocycles. The lowest BCUT2D eigenvalue weighted by Crippen LogP contribution is -2.51. The second kappa shape index (κ2) is 8.89. The summed E-state index contributed by atoms with van der Waals surface area (Å²) < 4.78 is 12.8. The molecular formula is C19H26O3S4. The Bertz CT molecular complexity index is 575. The van der Waals surface area contributed by atoms with Crippen LogP contribution < -0.4 is 0 Å². The molecule has 0 amide bonds. The maximum Gasteiger partial charge on any atom is 0.169 e. The number of aliphatic hydroxyl groups is 1. The SMILES string of the molecule is O[C@@]1(CC2SCCS2)CC2(C[C@H](COCc3ccccc3)O1)SCCS2. The lowest BCUT2D eigenvalue weighted by atomic mass is 9.98. The molecule has 3 saturated heterocycles. The molecule has 3 fully saturated rings. The molecule has 1 aromatic rings. The molecule has 1 spiro atoms. The predicted molar refractivity (Wildman–Crippen MR) is 116 cm³/mol. The van der Waals surface area contributed by atoms with E-state index in [0.717, 1.165) is 19.3 Å². The number of rotatable bonds is 6. The highest BCUT2D eigenvalue weighted by Crippen LogP contribution is 2.56. The molecule has 7 heteroatoms. The lowest BCUT2D eigenvalue weighted by Gasteiger charge is -2.46. The Kier molecular flexibility index (Phi) is 6.77. The number of ether oxygens (including phenoxy) is 2. The van der Waals surface area contributed by atoms with E-state index in [2.05, 4.69) is 12.1 Å². The molecule has 4 rings (SSSR count). The van der Waals surface area contributed by atoms with Crippen molar-refractivity contribution in [1.82, 2.24) is 0 Å². The first kappa shape index (κ1) is 19.8. The average molecular weight is 431 g/mol. The summed E-state index contributed by atoms with van der Waals surface area (Å²) >= 11 is 7.95. The molecule has 0 unspecified atom stereocenters. The molecule has 2 atom stereocenters. The standard InChI is InChI=1S/C19H26O3S4/c20-18(11-17-23-6-7-24-17)14-19(25-8-9-26-19)10-16(22-18)13-21-12-15-4-2-1-3-5-15/h1-5,16-17,20H,6-14H2/t16-,18-/m1/s1. The van der Waals surface area contributed by atoms with E-state index in [4.69, 9.17) is 9.47 Å². The summed E-state index contributed by atoms with van der Waals surface area (Å²) in [5.74, 6) is 3.70. The molecule has 1 N–H and O–H groups in total. The van der Waals surface area contributed by atoms with Crippen LogP contribution in [0.3, 0.4) is 0 Å². The summed E-state index contributed by atoms with van der Waals surface area (Å²) in [6.45, 7) is 1.14. The summed E-state index contributed by atoms with van der Waals surface area (Å²) in [4.78, 5) is 0. The minimum absolute atomic E-state index is 0.0352. The third-order valence-electron chi connectivity index (χ3n) is 4.88. The molecule has 0 bridgehead atoms. The summed E-state index contributed by atoms with van der Waals surface area (Å²) in [6.07, 6.45) is 2.39. The zero-order chi connectivity index (χ0) is 17.9. The normalized spacial score (nSPS) is 31.7. The zero-order valence-electron chi connectivity index (χ0n) is 14.8. The fourth-order valence-corrected chi connectivity index (χ4v) is 10.4. The van der Waals surface area contributed by atoms with Crippen LogP contribution in [0.25, 0.3) is 0 Å². The van der Waals surface area contributed by atoms with Crippen LogP contribution in [0, 0.1) is 0 Å². The Morgan fingerprint density at radius 2 is 1.81 bits per heavy atom. The topological polar surface area (TPSA) is 38.7 Å². The van der Waals surface area contributed by atoms with Gasteiger partial charge in [0, 0.05) is 35.9 Å². The van der Waals surface area contributed by atoms with Gasteiger partial charge in [-0.1, -0.05) is 30.3 Å². The Hall–Kier alpha value is 0.500. The third-order valence-corrected chi connectivity index (χ3v) is 11.4. The fraction of sp³-hybridized carbons (Fsp3) is 0.684. The largest absolute Gasteiger partial charge is 0.374 e. The number of thioether (sulfide) groups is 4. The van der Waals surface area contributed by atoms with Crippen LogP contribution in [0.1, 0.15) is 24.8 Å². The Labute approximate surface area is 173 Å². The maximum absolute atomic E-state index is 11.3. The van der Waals surface area contributed by atoms with E-state index in [9.17, 15) is 5.11 Å². The average Bonchev–Trinajstić information content (AvgIpc) is 3.27. The molecule has 0 radical (unpaired) electrons. The van der Waals surface area contributed by atoms with E-state index < -0.39 is 5.79 Å². The molecular weight excluding hydrogens is 404 g/mol. The smallest absolute Gasteiger partial charge is 0.169 e. The van der Waals surface area contributed by atoms with E-state index in [-0.39, 0.29) is 10.2 Å². The highest BCUT2D eigenvalue weighted by atomic mass is 32.2. The molecule has 26 heavy (non-hydrogen) atoms. The second-order valence-corrected chi connectivity index (χ2v) is 13.2. The van der Waals surface area contributed by atoms with Gasteiger partial charge in [-0.25, -0.2) is 0 Å². The van der Waals surface area contributed by atoms with E-state index >= 15 is 0 Å². The van der Waals surface area contributed by atoms with Gasteiger partial charge in [-0.2, -0.15) is 0 Å². The van der Waals surface area contributed by atoms with Gasteiger partial charge < -0.3 is 14.6 Å². The van der Waals surface area contributed by atoms with Crippen LogP contribution >= 0.6 is 47.0 Å². The predicted octanol–water partition coefficient (Wildman–Crippen LogP) is 4.44. The molecule has 3 nitrogen and oxygen atoms in total. The number of benzene rings is 1. The Morgan fingerprint density at radius 3 is 2.54 bits per heavy atom. The highest BCUT2D eigenvalue weighted by Gasteiger charge is 2.51. The van der Waals surface area contributed by atoms with Crippen molar-refractivity contribution in [3.05, 3.63) is 35.9 Å². The van der Waals surface area contributed by atoms with Crippen molar-refractivity contribution in [3.63, 3.8) is 0 Å². The molecule has 3 aliphatic heterocycles. The molecule has 0 saturated carbocycles. The van der Waals surface area contributed by atoms with Crippen LogP contribution in [0.2, 0.25) is 0 Å². The quantitative estimate of drug-likeness (QED) is 0.715. The van der Waals surface area contributed by atoms with Gasteiger partial charge in [0.15, 0.2) is 5.79 Å². The molecule has 144 valence electrons. The van der Waals surface area contributed by atoms with Crippen molar-refractivity contribution in [1.29, 1.82) is 0 Å². The highest BCUT2D eigenvalue weighted by molar-refractivity contribution is 8.21. The molecule has 0 aliphatic carbocycles. The van der Waals surface area contributed by atoms with Crippen molar-refractivity contribution in [3.8, 4) is 0 Å². The van der Waals surface area contributed by atoms with Gasteiger partial charge in [-0.15, -0.1) is 47.0 Å². The number of hydrogen-bond donors (Lipinski definition) is 1. The summed E-state index contributed by atoms with van der Waals surface area (Å²) in [5, 5.41) is 11.3. The van der Waals surface area contributed by atoms with Gasteiger partial charge in [-0.3, -0.25) is 0 Å². The van der Waals surface area contributed by atoms with Crippen molar-refractivity contribution < 1.29 is 14.6 Å². The summed E-state index contributed by atoms with van der Waals surface area (Å²) in [6, 6.07) is 10.2. The van der Waals surface area contributed by atoms with E-state index in [0.29, 0.717) is 17.8 Å². The summed E-state index contributed by atoms with van der Waals surface area (Å²) in [7, 11) is 0. The first-order valence-corrected chi connectivity index (χ1v) is 13.2. The van der Waals surface area contributed by atoms with Gasteiger partial charge in [0.05, 0.1) is 28.0 Å². The van der Waals surface area contributed by atoms with Crippen LogP contribution in [0.4, 0.5) is 0 Å². The van der Waals surface area contributed by atoms with Crippen LogP contribution in [-0.4, -0.2) is 55.3 Å². The van der Waals surface area contributed by atoms with Crippen LogP contribution in [0.15, 0.2) is 30.3 Å². The third kappa shape index (κ3) is 5.10. The fourth-order valence-electron chi connectivity index (χ4n) is 3.83. The van der Waals surface area contributed by atoms with Crippen molar-refractivity contribution >= 4 is 47.0 Å². The van der Waals surface area contributed by atoms with Crippen LogP contribution in [-0.2, 0) is 16.1 Å². The van der Waals surface area contributed by atoms with Gasteiger partial charge in [-0.05, 0) is 12.0 Å². The van der Waals surface area contributed by atoms with E-state index in [1.807, 2.05) is 65.2 Å². The van der Waals surface area contributed by atoms with Crippen molar-refractivity contribution in [2.24, 2.45) is 0 Å². The van der Waals surface area contributed by atoms with E-state index in [1.165, 1.54) is 28.6 Å². The maximum atomic E-state index is 11.3. The Balaban J connectivity index is 1.38. The minimum atomic E-state index is -1.02. The van der Waals surface area contributed by atoms with Gasteiger partial charge in [0.25, 0.3) is 0 Å². The van der Waals surface area contributed by atoms with Gasteiger partial charge in [0.1, 0.15) is 0 Å². The van der Waals surface area contributed by atoms with Crippen molar-refractivity contribution in [2.75, 3.05) is 29.6 Å². The molecule has 3 aliphatic rings. The van der Waals surface area contributed by atoms with Crippen LogP contribution in [0.5, 0.6) is 0 Å². The molecule has 3 heterocycles. The first-order chi connectivity index (χ1) is 12.6.